The van der Waals surface area contributed by atoms with Crippen LogP contribution in [0.15, 0.2) is 83.0 Å². The molecule has 176 valence electrons. The third-order valence-corrected chi connectivity index (χ3v) is 6.57. The zero-order valence-corrected chi connectivity index (χ0v) is 20.5. The van der Waals surface area contributed by atoms with E-state index in [1.54, 1.807) is 4.90 Å². The maximum Gasteiger partial charge on any atom is 0.322 e. The van der Waals surface area contributed by atoms with E-state index in [9.17, 15) is 4.79 Å². The fraction of sp³-hybridized carbons (Fsp3) is 0.179. The Hall–Kier alpha value is -3.90. The van der Waals surface area contributed by atoms with E-state index in [1.807, 2.05) is 93.6 Å². The first kappa shape index (κ1) is 22.9. The summed E-state index contributed by atoms with van der Waals surface area (Å²) in [5.74, 6) is 0.870. The summed E-state index contributed by atoms with van der Waals surface area (Å²) in [7, 11) is 0. The number of aromatic nitrogens is 2. The Balaban J connectivity index is 1.61. The maximum absolute atomic E-state index is 13.3. The predicted octanol–water partition coefficient (Wildman–Crippen LogP) is 6.70. The van der Waals surface area contributed by atoms with Crippen LogP contribution >= 0.6 is 11.6 Å². The number of carbonyl (C=O) groups is 1. The van der Waals surface area contributed by atoms with Crippen molar-refractivity contribution in [1.82, 2.24) is 20.4 Å². The summed E-state index contributed by atoms with van der Waals surface area (Å²) < 4.78 is 5.78. The average molecular weight is 485 g/mol. The normalized spacial score (nSPS) is 15.9. The molecule has 5 rings (SSSR count). The van der Waals surface area contributed by atoms with Crippen LogP contribution in [0.1, 0.15) is 41.1 Å². The first-order valence-electron chi connectivity index (χ1n) is 11.4. The number of allylic oxidation sites excluding steroid dienone is 1. The van der Waals surface area contributed by atoms with Gasteiger partial charge in [-0.25, -0.2) is 4.79 Å². The molecule has 0 bridgehead atoms. The molecule has 0 saturated carbocycles. The zero-order chi connectivity index (χ0) is 24.5. The first-order valence-corrected chi connectivity index (χ1v) is 11.8. The lowest BCUT2D eigenvalue weighted by molar-refractivity contribution is 0.203. The van der Waals surface area contributed by atoms with Crippen LogP contribution in [-0.4, -0.2) is 21.1 Å². The number of benzene rings is 3. The molecule has 2 amide bonds. The number of hydrogen-bond acceptors (Lipinski definition) is 4. The van der Waals surface area contributed by atoms with Crippen LogP contribution in [0, 0.1) is 13.8 Å². The number of urea groups is 1. The van der Waals surface area contributed by atoms with Crippen molar-refractivity contribution in [3.63, 3.8) is 0 Å². The van der Waals surface area contributed by atoms with E-state index in [1.165, 1.54) is 0 Å². The van der Waals surface area contributed by atoms with Crippen molar-refractivity contribution < 1.29 is 9.32 Å². The predicted molar refractivity (Wildman–Crippen MR) is 137 cm³/mol. The monoisotopic (exact) mass is 484 g/mol. The Morgan fingerprint density at radius 2 is 1.77 bits per heavy atom. The third-order valence-electron chi connectivity index (χ3n) is 6.32. The number of aryl methyl sites for hydroxylation is 2. The molecular formula is C28H25ClN4O2. The van der Waals surface area contributed by atoms with Crippen LogP contribution < -0.4 is 5.32 Å². The van der Waals surface area contributed by atoms with Crippen LogP contribution in [0.4, 0.5) is 4.79 Å². The highest BCUT2D eigenvalue weighted by molar-refractivity contribution is 6.30. The number of carbonyl (C=O) groups excluding carboxylic acids is 1. The number of amides is 2. The lowest BCUT2D eigenvalue weighted by atomic mass is 9.94. The van der Waals surface area contributed by atoms with Gasteiger partial charge in [0, 0.05) is 16.3 Å². The molecule has 1 aliphatic rings. The molecule has 0 spiro atoms. The molecule has 4 aromatic rings. The molecule has 1 unspecified atom stereocenters. The number of halogens is 1. The number of hydrogen-bond donors (Lipinski definition) is 1. The van der Waals surface area contributed by atoms with E-state index in [2.05, 4.69) is 10.5 Å². The van der Waals surface area contributed by atoms with Crippen LogP contribution in [-0.2, 0) is 6.54 Å². The summed E-state index contributed by atoms with van der Waals surface area (Å²) in [5, 5.41) is 8.01. The molecule has 1 N–H and O–H groups in total. The van der Waals surface area contributed by atoms with Crippen molar-refractivity contribution >= 4 is 23.2 Å². The van der Waals surface area contributed by atoms with Gasteiger partial charge < -0.3 is 9.84 Å². The second-order valence-electron chi connectivity index (χ2n) is 8.74. The van der Waals surface area contributed by atoms with Crippen molar-refractivity contribution in [2.75, 3.05) is 0 Å². The highest BCUT2D eigenvalue weighted by Crippen LogP contribution is 2.38. The van der Waals surface area contributed by atoms with Gasteiger partial charge in [-0.05, 0) is 55.7 Å². The molecule has 0 fully saturated rings. The van der Waals surface area contributed by atoms with Crippen LogP contribution in [0.25, 0.3) is 17.0 Å². The van der Waals surface area contributed by atoms with Gasteiger partial charge in [0.25, 0.3) is 5.89 Å². The van der Waals surface area contributed by atoms with Crippen molar-refractivity contribution in [1.29, 1.82) is 0 Å². The van der Waals surface area contributed by atoms with E-state index < -0.39 is 6.04 Å². The van der Waals surface area contributed by atoms with Gasteiger partial charge in [0.15, 0.2) is 0 Å². The topological polar surface area (TPSA) is 71.3 Å². The second-order valence-corrected chi connectivity index (χ2v) is 9.17. The summed E-state index contributed by atoms with van der Waals surface area (Å²) in [5.41, 5.74) is 6.56. The molecule has 3 aromatic carbocycles. The van der Waals surface area contributed by atoms with Crippen molar-refractivity contribution in [3.05, 3.63) is 112 Å². The Morgan fingerprint density at radius 1 is 1.00 bits per heavy atom. The molecule has 0 saturated heterocycles. The largest absolute Gasteiger partial charge is 0.334 e. The van der Waals surface area contributed by atoms with Gasteiger partial charge in [0.05, 0.1) is 18.2 Å². The van der Waals surface area contributed by atoms with Gasteiger partial charge in [-0.1, -0.05) is 76.9 Å². The molecule has 6 nitrogen and oxygen atoms in total. The minimum Gasteiger partial charge on any atom is -0.334 e. The Labute approximate surface area is 209 Å². The molecule has 0 aliphatic carbocycles. The van der Waals surface area contributed by atoms with Gasteiger partial charge >= 0.3 is 6.03 Å². The van der Waals surface area contributed by atoms with Crippen LogP contribution in [0.2, 0.25) is 5.02 Å². The summed E-state index contributed by atoms with van der Waals surface area (Å²) in [4.78, 5) is 19.8. The lowest BCUT2D eigenvalue weighted by Gasteiger charge is -2.35. The van der Waals surface area contributed by atoms with Gasteiger partial charge in [-0.15, -0.1) is 0 Å². The first-order chi connectivity index (χ1) is 16.9. The van der Waals surface area contributed by atoms with Crippen molar-refractivity contribution in [3.8, 4) is 11.4 Å². The minimum atomic E-state index is -0.460. The quantitative estimate of drug-likeness (QED) is 0.342. The molecule has 7 heteroatoms. The number of nitrogens with one attached hydrogen (secondary N) is 1. The summed E-state index contributed by atoms with van der Waals surface area (Å²) >= 11 is 6.13. The SMILES string of the molecule is CC1=C(c2nc(-c3cccc(C)c3)no2)C(c2ccc(Cl)cc2)NC(=O)N1Cc1ccccc1C. The minimum absolute atomic E-state index is 0.187. The molecule has 1 atom stereocenters. The molecular weight excluding hydrogens is 460 g/mol. The molecule has 0 radical (unpaired) electrons. The zero-order valence-electron chi connectivity index (χ0n) is 19.7. The Morgan fingerprint density at radius 3 is 2.51 bits per heavy atom. The summed E-state index contributed by atoms with van der Waals surface area (Å²) in [6, 6.07) is 22.8. The van der Waals surface area contributed by atoms with Crippen LogP contribution in [0.3, 0.4) is 0 Å². The van der Waals surface area contributed by atoms with Crippen molar-refractivity contribution in [2.45, 2.75) is 33.4 Å². The number of rotatable bonds is 5. The number of nitrogens with zero attached hydrogens (tertiary/aromatic N) is 3. The highest BCUT2D eigenvalue weighted by Gasteiger charge is 2.36. The van der Waals surface area contributed by atoms with E-state index in [0.717, 1.165) is 39.1 Å². The molecule has 35 heavy (non-hydrogen) atoms. The van der Waals surface area contributed by atoms with Crippen LogP contribution in [0.5, 0.6) is 0 Å². The third kappa shape index (κ3) is 4.57. The summed E-state index contributed by atoms with van der Waals surface area (Å²) in [6.45, 7) is 6.42. The van der Waals surface area contributed by atoms with E-state index in [0.29, 0.717) is 23.3 Å². The fourth-order valence-electron chi connectivity index (χ4n) is 4.35. The van der Waals surface area contributed by atoms with E-state index in [4.69, 9.17) is 21.1 Å². The Kier molecular flexibility index (Phi) is 6.14. The second kappa shape index (κ2) is 9.39. The van der Waals surface area contributed by atoms with Gasteiger partial charge in [-0.3, -0.25) is 4.90 Å². The van der Waals surface area contributed by atoms with E-state index in [-0.39, 0.29) is 6.03 Å². The van der Waals surface area contributed by atoms with E-state index >= 15 is 0 Å². The Bertz CT molecular complexity index is 1420. The molecule has 1 aromatic heterocycles. The smallest absolute Gasteiger partial charge is 0.322 e. The maximum atomic E-state index is 13.3. The fourth-order valence-corrected chi connectivity index (χ4v) is 4.47. The van der Waals surface area contributed by atoms with Gasteiger partial charge in [-0.2, -0.15) is 4.98 Å². The van der Waals surface area contributed by atoms with Gasteiger partial charge in [0.1, 0.15) is 0 Å². The lowest BCUT2D eigenvalue weighted by Crippen LogP contribution is -2.45. The average Bonchev–Trinajstić information content (AvgIpc) is 3.33. The highest BCUT2D eigenvalue weighted by atomic mass is 35.5. The van der Waals surface area contributed by atoms with Crippen molar-refractivity contribution in [2.24, 2.45) is 0 Å². The standard InChI is InChI=1S/C28H25ClN4O2/c1-17-7-6-10-21(15-17)26-31-27(35-32-26)24-19(3)33(16-22-9-5-4-8-18(22)2)28(34)30-25(24)20-11-13-23(29)14-12-20/h4-15,25H,16H2,1-3H3,(H,30,34). The van der Waals surface area contributed by atoms with Gasteiger partial charge in [0.2, 0.25) is 5.82 Å². The summed E-state index contributed by atoms with van der Waals surface area (Å²) in [6.07, 6.45) is 0. The molecule has 2 heterocycles. The molecule has 1 aliphatic heterocycles.